The second-order valence-corrected chi connectivity index (χ2v) is 7.09. The fourth-order valence-corrected chi connectivity index (χ4v) is 3.95. The topological polar surface area (TPSA) is 84.2 Å². The number of nitrogens with one attached hydrogen (secondary N) is 2. The first-order chi connectivity index (χ1) is 12.5. The van der Waals surface area contributed by atoms with E-state index in [4.69, 9.17) is 5.73 Å². The molecule has 0 aliphatic heterocycles. The van der Waals surface area contributed by atoms with E-state index in [1.54, 1.807) is 24.3 Å². The number of ketones is 2. The zero-order valence-electron chi connectivity index (χ0n) is 15.6. The molecule has 4 atom stereocenters. The Kier molecular flexibility index (Phi) is 5.23. The molecular weight excluding hydrogens is 326 g/mol. The van der Waals surface area contributed by atoms with E-state index in [1.165, 1.54) is 0 Å². The van der Waals surface area contributed by atoms with Gasteiger partial charge in [-0.25, -0.2) is 0 Å². The number of carbonyl (C=O) groups excluding carboxylic acids is 2. The Hall–Kier alpha value is -2.08. The summed E-state index contributed by atoms with van der Waals surface area (Å²) >= 11 is 0. The Morgan fingerprint density at radius 1 is 1.19 bits per heavy atom. The van der Waals surface area contributed by atoms with Crippen LogP contribution < -0.4 is 16.4 Å². The Morgan fingerprint density at radius 3 is 2.46 bits per heavy atom. The number of rotatable bonds is 6. The molecule has 0 heterocycles. The molecule has 0 saturated heterocycles. The zero-order valence-corrected chi connectivity index (χ0v) is 15.6. The summed E-state index contributed by atoms with van der Waals surface area (Å²) in [7, 11) is 1.85. The predicted molar refractivity (Wildman–Crippen MR) is 103 cm³/mol. The highest BCUT2D eigenvalue weighted by Gasteiger charge is 2.49. The van der Waals surface area contributed by atoms with Crippen molar-refractivity contribution in [1.82, 2.24) is 10.6 Å². The molecule has 0 aromatic heterocycles. The highest BCUT2D eigenvalue weighted by Crippen LogP contribution is 2.41. The number of benzene rings is 1. The smallest absolute Gasteiger partial charge is 0.171 e. The van der Waals surface area contributed by atoms with E-state index < -0.39 is 17.5 Å². The monoisotopic (exact) mass is 353 g/mol. The van der Waals surface area contributed by atoms with Gasteiger partial charge in [-0.2, -0.15) is 0 Å². The van der Waals surface area contributed by atoms with Crippen LogP contribution in [0.15, 0.2) is 48.1 Å². The minimum absolute atomic E-state index is 0.0120. The molecule has 26 heavy (non-hydrogen) atoms. The summed E-state index contributed by atoms with van der Waals surface area (Å²) in [6.07, 6.45) is 6.50. The van der Waals surface area contributed by atoms with Crippen LogP contribution in [0.25, 0.3) is 0 Å². The van der Waals surface area contributed by atoms with E-state index in [2.05, 4.69) is 17.6 Å². The molecule has 0 bridgehead atoms. The third-order valence-corrected chi connectivity index (χ3v) is 5.59. The lowest BCUT2D eigenvalue weighted by molar-refractivity contribution is 0.0775. The first kappa shape index (κ1) is 18.7. The minimum atomic E-state index is -0.916. The molecule has 138 valence electrons. The third-order valence-electron chi connectivity index (χ3n) is 5.59. The summed E-state index contributed by atoms with van der Waals surface area (Å²) in [6.45, 7) is 4.78. The maximum Gasteiger partial charge on any atom is 0.171 e. The normalized spacial score (nSPS) is 25.2. The van der Waals surface area contributed by atoms with Crippen LogP contribution in [0.2, 0.25) is 0 Å². The van der Waals surface area contributed by atoms with Crippen molar-refractivity contribution in [2.45, 2.75) is 32.0 Å². The standard InChI is InChI=1S/C21H27N3O2/c1-4-12-24-21(22,13(2)23-3)17-11-7-10-16-18(17)20(26)15-9-6-5-8-14(15)19(16)25/h5-11,13,16,18,23-24H,4,12,22H2,1-3H3. The van der Waals surface area contributed by atoms with Gasteiger partial charge in [-0.15, -0.1) is 0 Å². The molecule has 3 rings (SSSR count). The molecule has 1 aromatic rings. The van der Waals surface area contributed by atoms with Gasteiger partial charge in [-0.05, 0) is 32.5 Å². The van der Waals surface area contributed by atoms with Crippen molar-refractivity contribution < 1.29 is 9.59 Å². The van der Waals surface area contributed by atoms with Crippen LogP contribution in [0.4, 0.5) is 0 Å². The van der Waals surface area contributed by atoms with Gasteiger partial charge in [0, 0.05) is 17.2 Å². The highest BCUT2D eigenvalue weighted by molar-refractivity contribution is 6.17. The average molecular weight is 353 g/mol. The second-order valence-electron chi connectivity index (χ2n) is 7.09. The van der Waals surface area contributed by atoms with Crippen molar-refractivity contribution in [3.05, 3.63) is 59.2 Å². The van der Waals surface area contributed by atoms with Gasteiger partial charge < -0.3 is 11.1 Å². The summed E-state index contributed by atoms with van der Waals surface area (Å²) < 4.78 is 0. The molecule has 2 aliphatic carbocycles. The Balaban J connectivity index is 2.09. The molecule has 0 fully saturated rings. The fraction of sp³-hybridized carbons (Fsp3) is 0.429. The summed E-state index contributed by atoms with van der Waals surface area (Å²) in [6, 6.07) is 6.95. The number of likely N-dealkylation sites (N-methyl/N-ethyl adjacent to an activating group) is 1. The third kappa shape index (κ3) is 2.86. The molecule has 5 nitrogen and oxygen atoms in total. The molecule has 0 saturated carbocycles. The van der Waals surface area contributed by atoms with E-state index >= 15 is 0 Å². The fourth-order valence-electron chi connectivity index (χ4n) is 3.95. The van der Waals surface area contributed by atoms with Gasteiger partial charge in [0.1, 0.15) is 5.66 Å². The number of nitrogens with two attached hydrogens (primary N) is 1. The van der Waals surface area contributed by atoms with Crippen molar-refractivity contribution in [1.29, 1.82) is 0 Å². The average Bonchev–Trinajstić information content (AvgIpc) is 2.69. The molecule has 1 aromatic carbocycles. The maximum atomic E-state index is 13.3. The lowest BCUT2D eigenvalue weighted by Gasteiger charge is -2.44. The first-order valence-corrected chi connectivity index (χ1v) is 9.23. The van der Waals surface area contributed by atoms with E-state index in [1.807, 2.05) is 32.2 Å². The lowest BCUT2D eigenvalue weighted by atomic mass is 9.65. The number of carbonyl (C=O) groups is 2. The summed E-state index contributed by atoms with van der Waals surface area (Å²) in [5.41, 5.74) is 7.67. The molecule has 0 radical (unpaired) electrons. The van der Waals surface area contributed by atoms with Gasteiger partial charge in [0.15, 0.2) is 11.6 Å². The number of Topliss-reactive ketones (excluding diaryl/α,β-unsaturated/α-hetero) is 2. The Morgan fingerprint density at radius 2 is 1.85 bits per heavy atom. The van der Waals surface area contributed by atoms with Gasteiger partial charge in [0.05, 0.1) is 11.8 Å². The maximum absolute atomic E-state index is 13.3. The van der Waals surface area contributed by atoms with Gasteiger partial charge >= 0.3 is 0 Å². The molecular formula is C21H27N3O2. The molecule has 4 N–H and O–H groups in total. The van der Waals surface area contributed by atoms with Crippen molar-refractivity contribution >= 4 is 11.6 Å². The van der Waals surface area contributed by atoms with Crippen LogP contribution in [0.5, 0.6) is 0 Å². The van der Waals surface area contributed by atoms with Crippen LogP contribution in [0.3, 0.4) is 0 Å². The molecule has 0 spiro atoms. The van der Waals surface area contributed by atoms with Gasteiger partial charge in [-0.3, -0.25) is 14.9 Å². The highest BCUT2D eigenvalue weighted by atomic mass is 16.1. The number of hydrogen-bond donors (Lipinski definition) is 3. The number of allylic oxidation sites excluding steroid dienone is 3. The van der Waals surface area contributed by atoms with E-state index in [0.29, 0.717) is 11.1 Å². The summed E-state index contributed by atoms with van der Waals surface area (Å²) in [5.74, 6) is -1.10. The van der Waals surface area contributed by atoms with Crippen molar-refractivity contribution in [3.63, 3.8) is 0 Å². The van der Waals surface area contributed by atoms with Crippen molar-refractivity contribution in [3.8, 4) is 0 Å². The number of fused-ring (bicyclic) bond motifs is 2. The minimum Gasteiger partial charge on any atom is -0.314 e. The molecule has 0 amide bonds. The van der Waals surface area contributed by atoms with Crippen LogP contribution in [-0.4, -0.2) is 36.9 Å². The van der Waals surface area contributed by atoms with Crippen LogP contribution in [0.1, 0.15) is 41.0 Å². The van der Waals surface area contributed by atoms with Crippen LogP contribution in [-0.2, 0) is 0 Å². The SMILES string of the molecule is CCCNC(N)(C1=CC=CC2C(=O)c3ccccc3C(=O)C12)C(C)NC. The number of hydrogen-bond acceptors (Lipinski definition) is 5. The summed E-state index contributed by atoms with van der Waals surface area (Å²) in [4.78, 5) is 26.3. The van der Waals surface area contributed by atoms with Gasteiger partial charge in [-0.1, -0.05) is 49.4 Å². The first-order valence-electron chi connectivity index (χ1n) is 9.23. The Bertz CT molecular complexity index is 783. The van der Waals surface area contributed by atoms with Gasteiger partial charge in [0.25, 0.3) is 0 Å². The van der Waals surface area contributed by atoms with E-state index in [-0.39, 0.29) is 17.6 Å². The van der Waals surface area contributed by atoms with E-state index in [9.17, 15) is 9.59 Å². The summed E-state index contributed by atoms with van der Waals surface area (Å²) in [5, 5.41) is 6.61. The Labute approximate surface area is 154 Å². The lowest BCUT2D eigenvalue weighted by Crippen LogP contribution is -2.68. The van der Waals surface area contributed by atoms with Crippen molar-refractivity contribution in [2.24, 2.45) is 17.6 Å². The van der Waals surface area contributed by atoms with E-state index in [0.717, 1.165) is 18.5 Å². The van der Waals surface area contributed by atoms with Crippen molar-refractivity contribution in [2.75, 3.05) is 13.6 Å². The zero-order chi connectivity index (χ0) is 18.9. The second kappa shape index (κ2) is 7.27. The quantitative estimate of drug-likeness (QED) is 0.682. The van der Waals surface area contributed by atoms with Gasteiger partial charge in [0.2, 0.25) is 0 Å². The molecule has 5 heteroatoms. The molecule has 4 unspecified atom stereocenters. The van der Waals surface area contributed by atoms with Crippen LogP contribution in [0, 0.1) is 11.8 Å². The predicted octanol–water partition coefficient (Wildman–Crippen LogP) is 2.06. The van der Waals surface area contributed by atoms with Crippen LogP contribution >= 0.6 is 0 Å². The molecule has 2 aliphatic rings. The largest absolute Gasteiger partial charge is 0.314 e.